The van der Waals surface area contributed by atoms with Crippen LogP contribution in [-0.4, -0.2) is 36.1 Å². The monoisotopic (exact) mass is 485 g/mol. The Labute approximate surface area is 201 Å². The lowest BCUT2D eigenvalue weighted by molar-refractivity contribution is -0.171. The molecule has 0 aliphatic heterocycles. The van der Waals surface area contributed by atoms with Crippen molar-refractivity contribution in [3.8, 4) is 5.75 Å². The highest BCUT2D eigenvalue weighted by Gasteiger charge is 2.47. The predicted octanol–water partition coefficient (Wildman–Crippen LogP) is 5.33. The molecule has 1 N–H and O–H groups in total. The summed E-state index contributed by atoms with van der Waals surface area (Å²) in [6.07, 6.45) is 0.819. The van der Waals surface area contributed by atoms with Crippen LogP contribution in [-0.2, 0) is 9.59 Å². The molecule has 1 heterocycles. The van der Waals surface area contributed by atoms with Crippen molar-refractivity contribution in [3.05, 3.63) is 66.4 Å². The van der Waals surface area contributed by atoms with E-state index in [-0.39, 0.29) is 17.3 Å². The summed E-state index contributed by atoms with van der Waals surface area (Å²) in [5.41, 5.74) is 0.816. The number of pyridine rings is 1. The number of hydrogen-bond acceptors (Lipinski definition) is 4. The van der Waals surface area contributed by atoms with E-state index in [9.17, 15) is 22.8 Å². The molecule has 2 aromatic carbocycles. The average Bonchev–Trinajstić information content (AvgIpc) is 2.86. The topological polar surface area (TPSA) is 71.5 Å². The van der Waals surface area contributed by atoms with Crippen LogP contribution in [0.25, 0.3) is 10.9 Å². The van der Waals surface area contributed by atoms with Gasteiger partial charge in [-0.2, -0.15) is 13.2 Å². The Balaban J connectivity index is 1.83. The zero-order valence-electron chi connectivity index (χ0n) is 19.2. The van der Waals surface area contributed by atoms with Crippen LogP contribution in [0.3, 0.4) is 0 Å². The number of carbonyl (C=O) groups is 2. The summed E-state index contributed by atoms with van der Waals surface area (Å²) in [6, 6.07) is 12.1. The van der Waals surface area contributed by atoms with Crippen LogP contribution in [0.15, 0.2) is 60.8 Å². The summed E-state index contributed by atoms with van der Waals surface area (Å²) >= 11 is 0. The third kappa shape index (κ3) is 5.55. The molecule has 4 rings (SSSR count). The van der Waals surface area contributed by atoms with Gasteiger partial charge in [0.1, 0.15) is 11.8 Å². The number of methoxy groups -OCH3 is 1. The molecule has 35 heavy (non-hydrogen) atoms. The van der Waals surface area contributed by atoms with Gasteiger partial charge >= 0.3 is 12.1 Å². The molecule has 1 aromatic heterocycles. The van der Waals surface area contributed by atoms with E-state index >= 15 is 0 Å². The molecule has 1 aliphatic carbocycles. The van der Waals surface area contributed by atoms with Crippen LogP contribution >= 0.6 is 0 Å². The predicted molar refractivity (Wildman–Crippen MR) is 126 cm³/mol. The number of anilines is 1. The van der Waals surface area contributed by atoms with Crippen molar-refractivity contribution in [3.63, 3.8) is 0 Å². The molecule has 2 amide bonds. The SMILES string of the molecule is COc1ccc(N(C(=O)C(F)(F)F)C(C(=O)NC2CCCCC2)c2ccc3ncccc3c2)cc1. The van der Waals surface area contributed by atoms with Crippen molar-refractivity contribution in [1.82, 2.24) is 10.3 Å². The summed E-state index contributed by atoms with van der Waals surface area (Å²) in [5, 5.41) is 3.55. The number of fused-ring (bicyclic) bond motifs is 1. The van der Waals surface area contributed by atoms with Crippen LogP contribution < -0.4 is 15.0 Å². The maximum absolute atomic E-state index is 13.8. The standard InChI is InChI=1S/C26H26F3N3O3/c1-35-21-12-10-20(11-13-21)32(25(34)26(27,28)29)23(24(33)31-19-7-3-2-4-8-19)18-9-14-22-17(16-18)6-5-15-30-22/h5-6,9-16,19,23H,2-4,7-8H2,1H3,(H,31,33). The third-order valence-corrected chi connectivity index (χ3v) is 6.21. The fraction of sp³-hybridized carbons (Fsp3) is 0.346. The van der Waals surface area contributed by atoms with Gasteiger partial charge in [-0.1, -0.05) is 31.4 Å². The van der Waals surface area contributed by atoms with Crippen LogP contribution in [0.2, 0.25) is 0 Å². The van der Waals surface area contributed by atoms with E-state index in [4.69, 9.17) is 4.74 Å². The van der Waals surface area contributed by atoms with E-state index in [2.05, 4.69) is 10.3 Å². The molecule has 0 radical (unpaired) electrons. The molecule has 184 valence electrons. The Morgan fingerprint density at radius 1 is 1.06 bits per heavy atom. The lowest BCUT2D eigenvalue weighted by Crippen LogP contribution is -2.50. The van der Waals surface area contributed by atoms with E-state index in [0.29, 0.717) is 21.6 Å². The Bertz CT molecular complexity index is 1190. The van der Waals surface area contributed by atoms with Gasteiger partial charge in [-0.3, -0.25) is 19.5 Å². The minimum atomic E-state index is -5.19. The number of nitrogens with one attached hydrogen (secondary N) is 1. The number of aromatic nitrogens is 1. The lowest BCUT2D eigenvalue weighted by Gasteiger charge is -2.34. The Morgan fingerprint density at radius 2 is 1.77 bits per heavy atom. The number of hydrogen-bond donors (Lipinski definition) is 1. The van der Waals surface area contributed by atoms with Crippen molar-refractivity contribution in [1.29, 1.82) is 0 Å². The smallest absolute Gasteiger partial charge is 0.471 e. The van der Waals surface area contributed by atoms with Gasteiger partial charge in [0.2, 0.25) is 5.91 Å². The van der Waals surface area contributed by atoms with E-state index < -0.39 is 24.0 Å². The molecule has 1 unspecified atom stereocenters. The summed E-state index contributed by atoms with van der Waals surface area (Å²) in [4.78, 5) is 31.1. The van der Waals surface area contributed by atoms with Gasteiger partial charge in [0.05, 0.1) is 12.6 Å². The highest BCUT2D eigenvalue weighted by atomic mass is 19.4. The fourth-order valence-corrected chi connectivity index (χ4v) is 4.47. The number of amides is 2. The zero-order chi connectivity index (χ0) is 25.0. The zero-order valence-corrected chi connectivity index (χ0v) is 19.2. The fourth-order valence-electron chi connectivity index (χ4n) is 4.47. The number of ether oxygens (including phenoxy) is 1. The average molecular weight is 486 g/mol. The first-order valence-electron chi connectivity index (χ1n) is 11.5. The summed E-state index contributed by atoms with van der Waals surface area (Å²) < 4.78 is 46.6. The first-order valence-corrected chi connectivity index (χ1v) is 11.5. The molecule has 0 bridgehead atoms. The number of halogens is 3. The van der Waals surface area contributed by atoms with Crippen LogP contribution in [0, 0.1) is 0 Å². The highest BCUT2D eigenvalue weighted by Crippen LogP contribution is 2.35. The largest absolute Gasteiger partial charge is 0.497 e. The van der Waals surface area contributed by atoms with Crippen molar-refractivity contribution in [2.75, 3.05) is 12.0 Å². The second-order valence-corrected chi connectivity index (χ2v) is 8.57. The minimum absolute atomic E-state index is 0.0665. The van der Waals surface area contributed by atoms with Gasteiger partial charge in [0.25, 0.3) is 0 Å². The number of carbonyl (C=O) groups excluding carboxylic acids is 2. The molecule has 9 heteroatoms. The van der Waals surface area contributed by atoms with Gasteiger partial charge < -0.3 is 10.1 Å². The van der Waals surface area contributed by atoms with Crippen molar-refractivity contribution in [2.24, 2.45) is 0 Å². The van der Waals surface area contributed by atoms with E-state index in [1.807, 2.05) is 0 Å². The Morgan fingerprint density at radius 3 is 2.43 bits per heavy atom. The molecule has 0 spiro atoms. The maximum atomic E-state index is 13.8. The number of benzene rings is 2. The Hall–Kier alpha value is -3.62. The van der Waals surface area contributed by atoms with Gasteiger partial charge in [0.15, 0.2) is 0 Å². The molecule has 0 saturated heterocycles. The van der Waals surface area contributed by atoms with Crippen molar-refractivity contribution >= 4 is 28.4 Å². The van der Waals surface area contributed by atoms with Gasteiger partial charge in [0, 0.05) is 23.3 Å². The van der Waals surface area contributed by atoms with Crippen LogP contribution in [0.4, 0.5) is 18.9 Å². The molecule has 1 atom stereocenters. The van der Waals surface area contributed by atoms with Crippen LogP contribution in [0.5, 0.6) is 5.75 Å². The summed E-state index contributed by atoms with van der Waals surface area (Å²) in [7, 11) is 1.43. The van der Waals surface area contributed by atoms with E-state index in [0.717, 1.165) is 32.1 Å². The van der Waals surface area contributed by atoms with Gasteiger partial charge in [-0.15, -0.1) is 0 Å². The maximum Gasteiger partial charge on any atom is 0.471 e. The summed E-state index contributed by atoms with van der Waals surface area (Å²) in [5.74, 6) is -2.38. The van der Waals surface area contributed by atoms with Crippen LogP contribution in [0.1, 0.15) is 43.7 Å². The minimum Gasteiger partial charge on any atom is -0.497 e. The van der Waals surface area contributed by atoms with Crippen molar-refractivity contribution in [2.45, 2.75) is 50.4 Å². The normalized spacial score (nSPS) is 15.4. The number of alkyl halides is 3. The molecular weight excluding hydrogens is 459 g/mol. The Kier molecular flexibility index (Phi) is 7.23. The number of rotatable bonds is 6. The highest BCUT2D eigenvalue weighted by molar-refractivity contribution is 6.04. The molecular formula is C26H26F3N3O3. The molecule has 1 fully saturated rings. The first kappa shape index (κ1) is 24.5. The molecule has 6 nitrogen and oxygen atoms in total. The van der Waals surface area contributed by atoms with Gasteiger partial charge in [-0.25, -0.2) is 0 Å². The molecule has 3 aromatic rings. The second kappa shape index (κ2) is 10.3. The molecule has 1 saturated carbocycles. The van der Waals surface area contributed by atoms with E-state index in [1.165, 1.54) is 31.4 Å². The first-order chi connectivity index (χ1) is 16.8. The molecule has 1 aliphatic rings. The van der Waals surface area contributed by atoms with E-state index in [1.54, 1.807) is 36.5 Å². The quantitative estimate of drug-likeness (QED) is 0.513. The van der Waals surface area contributed by atoms with Crippen molar-refractivity contribution < 1.29 is 27.5 Å². The summed E-state index contributed by atoms with van der Waals surface area (Å²) in [6.45, 7) is 0. The third-order valence-electron chi connectivity index (χ3n) is 6.21. The number of nitrogens with zero attached hydrogens (tertiary/aromatic N) is 2. The van der Waals surface area contributed by atoms with Gasteiger partial charge in [-0.05, 0) is 60.9 Å². The second-order valence-electron chi connectivity index (χ2n) is 8.57. The lowest BCUT2D eigenvalue weighted by atomic mass is 9.94.